The van der Waals surface area contributed by atoms with E-state index in [2.05, 4.69) is 24.1 Å². The molecule has 22 heavy (non-hydrogen) atoms. The van der Waals surface area contributed by atoms with Crippen LogP contribution in [0.25, 0.3) is 0 Å². The molecule has 0 spiro atoms. The third kappa shape index (κ3) is 4.71. The summed E-state index contributed by atoms with van der Waals surface area (Å²) in [4.78, 5) is 14.6. The number of aliphatic hydroxyl groups is 1. The monoisotopic (exact) mass is 306 g/mol. The predicted molar refractivity (Wildman–Crippen MR) is 86.2 cm³/mol. The fraction of sp³-hybridized carbons (Fsp3) is 0.588. The molecule has 1 saturated heterocycles. The summed E-state index contributed by atoms with van der Waals surface area (Å²) < 4.78 is 5.84. The zero-order valence-corrected chi connectivity index (χ0v) is 13.6. The van der Waals surface area contributed by atoms with E-state index in [1.165, 1.54) is 0 Å². The highest BCUT2D eigenvalue weighted by Gasteiger charge is 2.34. The highest BCUT2D eigenvalue weighted by molar-refractivity contribution is 5.97. The number of carbonyl (C=O) groups excluding carboxylic acids is 1. The normalized spacial score (nSPS) is 21.5. The molecule has 2 unspecified atom stereocenters. The van der Waals surface area contributed by atoms with Gasteiger partial charge in [0, 0.05) is 19.1 Å². The first kappa shape index (κ1) is 16.8. The molecule has 1 fully saturated rings. The van der Waals surface area contributed by atoms with Crippen molar-refractivity contribution in [3.63, 3.8) is 0 Å². The van der Waals surface area contributed by atoms with Crippen molar-refractivity contribution in [3.8, 4) is 5.75 Å². The molecule has 1 heterocycles. The molecule has 1 aromatic carbocycles. The Labute approximate surface area is 132 Å². The summed E-state index contributed by atoms with van der Waals surface area (Å²) in [5.74, 6) is 1.04. The van der Waals surface area contributed by atoms with Crippen LogP contribution < -0.4 is 10.1 Å². The van der Waals surface area contributed by atoms with Gasteiger partial charge in [-0.1, -0.05) is 26.0 Å². The van der Waals surface area contributed by atoms with Crippen molar-refractivity contribution in [2.45, 2.75) is 32.9 Å². The Hall–Kier alpha value is -1.59. The molecular formula is C17H26N2O3. The van der Waals surface area contributed by atoms with Crippen molar-refractivity contribution < 1.29 is 14.6 Å². The Morgan fingerprint density at radius 2 is 2.14 bits per heavy atom. The van der Waals surface area contributed by atoms with Crippen LogP contribution in [0.4, 0.5) is 0 Å². The van der Waals surface area contributed by atoms with Crippen LogP contribution in [0.15, 0.2) is 24.3 Å². The van der Waals surface area contributed by atoms with E-state index in [9.17, 15) is 4.79 Å². The Morgan fingerprint density at radius 1 is 1.41 bits per heavy atom. The van der Waals surface area contributed by atoms with Crippen molar-refractivity contribution in [1.82, 2.24) is 10.2 Å². The van der Waals surface area contributed by atoms with Crippen LogP contribution in [-0.4, -0.2) is 54.3 Å². The first-order valence-electron chi connectivity index (χ1n) is 7.88. The molecule has 1 aliphatic heterocycles. The molecule has 3 atom stereocenters. The second kappa shape index (κ2) is 7.61. The predicted octanol–water partition coefficient (Wildman–Crippen LogP) is 1.52. The van der Waals surface area contributed by atoms with Crippen molar-refractivity contribution in [2.75, 3.05) is 26.3 Å². The van der Waals surface area contributed by atoms with E-state index in [-0.39, 0.29) is 18.6 Å². The zero-order valence-electron chi connectivity index (χ0n) is 13.6. The third-order valence-electron chi connectivity index (χ3n) is 3.64. The second-order valence-electron chi connectivity index (χ2n) is 6.37. The van der Waals surface area contributed by atoms with Gasteiger partial charge in [-0.3, -0.25) is 9.69 Å². The van der Waals surface area contributed by atoms with Crippen LogP contribution in [0.1, 0.15) is 31.1 Å². The maximum Gasteiger partial charge on any atom is 0.255 e. The van der Waals surface area contributed by atoms with Gasteiger partial charge in [-0.05, 0) is 25.0 Å². The summed E-state index contributed by atoms with van der Waals surface area (Å²) in [5.41, 5.74) is 0.513. The van der Waals surface area contributed by atoms with E-state index in [0.717, 1.165) is 13.1 Å². The van der Waals surface area contributed by atoms with Gasteiger partial charge in [-0.25, -0.2) is 0 Å². The smallest absolute Gasteiger partial charge is 0.255 e. The summed E-state index contributed by atoms with van der Waals surface area (Å²) in [6.07, 6.45) is 0. The quantitative estimate of drug-likeness (QED) is 0.715. The lowest BCUT2D eigenvalue weighted by atomic mass is 10.1. The maximum atomic E-state index is 12.2. The summed E-state index contributed by atoms with van der Waals surface area (Å²) >= 11 is 0. The highest BCUT2D eigenvalue weighted by Crippen LogP contribution is 2.23. The summed E-state index contributed by atoms with van der Waals surface area (Å²) in [5, 5.41) is 11.8. The molecule has 0 bridgehead atoms. The van der Waals surface area contributed by atoms with Crippen molar-refractivity contribution in [3.05, 3.63) is 29.8 Å². The van der Waals surface area contributed by atoms with Crippen molar-refractivity contribution in [2.24, 2.45) is 5.92 Å². The van der Waals surface area contributed by atoms with Crippen LogP contribution in [0, 0.1) is 5.92 Å². The van der Waals surface area contributed by atoms with Gasteiger partial charge in [0.1, 0.15) is 12.4 Å². The van der Waals surface area contributed by atoms with Crippen LogP contribution in [0.3, 0.4) is 0 Å². The van der Waals surface area contributed by atoms with E-state index in [1.54, 1.807) is 13.0 Å². The third-order valence-corrected chi connectivity index (χ3v) is 3.64. The topological polar surface area (TPSA) is 61.6 Å². The minimum absolute atomic E-state index is 0.0823. The van der Waals surface area contributed by atoms with Gasteiger partial charge in [0.25, 0.3) is 5.91 Å². The molecule has 1 aliphatic rings. The lowest BCUT2D eigenvalue weighted by molar-refractivity contribution is 0.0918. The number of amides is 1. The van der Waals surface area contributed by atoms with E-state index in [4.69, 9.17) is 9.84 Å². The molecule has 122 valence electrons. The van der Waals surface area contributed by atoms with E-state index >= 15 is 0 Å². The number of ether oxygens (including phenoxy) is 1. The van der Waals surface area contributed by atoms with E-state index < -0.39 is 0 Å². The first-order chi connectivity index (χ1) is 10.5. The molecule has 2 N–H and O–H groups in total. The molecular weight excluding hydrogens is 280 g/mol. The van der Waals surface area contributed by atoms with Gasteiger partial charge in [0.2, 0.25) is 0 Å². The number of rotatable bonds is 8. The summed E-state index contributed by atoms with van der Waals surface area (Å²) in [6, 6.07) is 7.41. The number of hydrogen-bond acceptors (Lipinski definition) is 4. The summed E-state index contributed by atoms with van der Waals surface area (Å²) in [6.45, 7) is 8.84. The summed E-state index contributed by atoms with van der Waals surface area (Å²) in [7, 11) is 0. The molecule has 5 heteroatoms. The van der Waals surface area contributed by atoms with E-state index in [1.807, 2.05) is 18.2 Å². The van der Waals surface area contributed by atoms with Gasteiger partial charge in [0.15, 0.2) is 0 Å². The minimum Gasteiger partial charge on any atom is -0.491 e. The van der Waals surface area contributed by atoms with Gasteiger partial charge in [-0.15, -0.1) is 0 Å². The molecule has 1 aromatic rings. The Kier molecular flexibility index (Phi) is 5.80. The number of nitrogens with zero attached hydrogens (tertiary/aromatic N) is 1. The fourth-order valence-electron chi connectivity index (χ4n) is 2.39. The molecule has 5 nitrogen and oxygen atoms in total. The zero-order chi connectivity index (χ0) is 16.1. The molecule has 0 aliphatic carbocycles. The Balaban J connectivity index is 1.90. The van der Waals surface area contributed by atoms with E-state index in [0.29, 0.717) is 29.9 Å². The molecule has 0 aromatic heterocycles. The minimum atomic E-state index is -0.273. The number of nitrogens with one attached hydrogen (secondary N) is 1. The van der Waals surface area contributed by atoms with Crippen molar-refractivity contribution >= 4 is 5.91 Å². The highest BCUT2D eigenvalue weighted by atomic mass is 16.5. The van der Waals surface area contributed by atoms with Crippen LogP contribution in [0.5, 0.6) is 5.75 Å². The second-order valence-corrected chi connectivity index (χ2v) is 6.37. The lowest BCUT2D eigenvalue weighted by Crippen LogP contribution is -2.35. The number of carbonyl (C=O) groups is 1. The standard InChI is InChI=1S/C17H26N2O3/c1-12(2)8-19-9-14(19)11-22-16-7-5-4-6-15(16)17(21)18-13(3)10-20/h4-7,12-14,20H,8-11H2,1-3H3,(H,18,21)/t13-,14?,19?/m0/s1. The average molecular weight is 306 g/mol. The van der Waals surface area contributed by atoms with Crippen LogP contribution in [-0.2, 0) is 0 Å². The number of aliphatic hydroxyl groups excluding tert-OH is 1. The SMILES string of the molecule is CC(C)CN1CC1COc1ccccc1C(=O)N[C@@H](C)CO. The van der Waals surface area contributed by atoms with Gasteiger partial charge < -0.3 is 15.2 Å². The Morgan fingerprint density at radius 3 is 2.82 bits per heavy atom. The maximum absolute atomic E-state index is 12.2. The number of benzene rings is 1. The van der Waals surface area contributed by atoms with Crippen molar-refractivity contribution in [1.29, 1.82) is 0 Å². The first-order valence-corrected chi connectivity index (χ1v) is 7.88. The molecule has 0 saturated carbocycles. The van der Waals surface area contributed by atoms with Crippen LogP contribution >= 0.6 is 0 Å². The number of para-hydroxylation sites is 1. The molecule has 2 rings (SSSR count). The molecule has 1 amide bonds. The van der Waals surface area contributed by atoms with Crippen LogP contribution in [0.2, 0.25) is 0 Å². The fourth-order valence-corrected chi connectivity index (χ4v) is 2.39. The van der Waals surface area contributed by atoms with Gasteiger partial charge in [0.05, 0.1) is 18.2 Å². The number of hydrogen-bond donors (Lipinski definition) is 2. The van der Waals surface area contributed by atoms with Gasteiger partial charge in [-0.2, -0.15) is 0 Å². The lowest BCUT2D eigenvalue weighted by Gasteiger charge is -2.14. The van der Waals surface area contributed by atoms with Gasteiger partial charge >= 0.3 is 0 Å². The Bertz CT molecular complexity index is 504. The largest absolute Gasteiger partial charge is 0.491 e. The average Bonchev–Trinajstić information content (AvgIpc) is 3.22. The molecule has 0 radical (unpaired) electrons.